The number of benzene rings is 1. The number of piperidine rings is 1. The molecule has 0 aromatic heterocycles. The second-order valence-corrected chi connectivity index (χ2v) is 10.2. The number of likely N-dealkylation sites (tertiary alicyclic amines) is 1. The highest BCUT2D eigenvalue weighted by Gasteiger charge is 2.49. The van der Waals surface area contributed by atoms with Gasteiger partial charge in [-0.05, 0) is 58.1 Å². The van der Waals surface area contributed by atoms with Crippen LogP contribution in [0.4, 0.5) is 0 Å². The molecule has 3 aliphatic rings. The van der Waals surface area contributed by atoms with Crippen LogP contribution in [0.15, 0.2) is 18.2 Å². The fourth-order valence-electron chi connectivity index (χ4n) is 5.38. The monoisotopic (exact) mass is 531 g/mol. The maximum absolute atomic E-state index is 13.8. The van der Waals surface area contributed by atoms with Crippen LogP contribution in [0.25, 0.3) is 0 Å². The summed E-state index contributed by atoms with van der Waals surface area (Å²) in [4.78, 5) is 60.1. The summed E-state index contributed by atoms with van der Waals surface area (Å²) in [7, 11) is 4.97. The Morgan fingerprint density at radius 3 is 2.42 bits per heavy atom. The van der Waals surface area contributed by atoms with Crippen molar-refractivity contribution in [3.63, 3.8) is 0 Å². The number of nitrogens with zero attached hydrogens (tertiary/aromatic N) is 4. The average molecular weight is 532 g/mol. The van der Waals surface area contributed by atoms with Gasteiger partial charge in [0.05, 0.1) is 40.0 Å². The smallest absolute Gasteiger partial charge is 0.252 e. The summed E-state index contributed by atoms with van der Waals surface area (Å²) in [6.07, 6.45) is 0.742. The molecule has 0 spiro atoms. The van der Waals surface area contributed by atoms with Gasteiger partial charge in [-0.1, -0.05) is 0 Å². The molecule has 4 rings (SSSR count). The van der Waals surface area contributed by atoms with Crippen LogP contribution in [0, 0.1) is 5.92 Å². The Morgan fingerprint density at radius 2 is 1.79 bits per heavy atom. The normalized spacial score (nSPS) is 23.7. The second-order valence-electron chi connectivity index (χ2n) is 10.2. The number of methoxy groups -OCH3 is 2. The van der Waals surface area contributed by atoms with Gasteiger partial charge in [-0.2, -0.15) is 0 Å². The zero-order valence-corrected chi connectivity index (χ0v) is 22.4. The maximum Gasteiger partial charge on any atom is 0.252 e. The van der Waals surface area contributed by atoms with Crippen molar-refractivity contribution in [3.05, 3.63) is 23.8 Å². The highest BCUT2D eigenvalue weighted by molar-refractivity contribution is 5.99. The van der Waals surface area contributed by atoms with Crippen molar-refractivity contribution in [1.29, 1.82) is 0 Å². The molecule has 0 aliphatic carbocycles. The predicted octanol–water partition coefficient (Wildman–Crippen LogP) is -0.636. The highest BCUT2D eigenvalue weighted by Crippen LogP contribution is 2.29. The van der Waals surface area contributed by atoms with Crippen molar-refractivity contribution in [3.8, 4) is 11.5 Å². The maximum atomic E-state index is 13.8. The topological polar surface area (TPSA) is 132 Å². The largest absolute Gasteiger partial charge is 0.493 e. The Hall–Kier alpha value is -3.38. The van der Waals surface area contributed by atoms with E-state index in [1.807, 2.05) is 7.05 Å². The van der Waals surface area contributed by atoms with E-state index in [-0.39, 0.29) is 49.5 Å². The molecule has 0 bridgehead atoms. The molecular weight excluding hydrogens is 494 g/mol. The number of ether oxygens (including phenoxy) is 2. The van der Waals surface area contributed by atoms with Crippen molar-refractivity contribution in [2.24, 2.45) is 5.92 Å². The number of rotatable bonds is 7. The van der Waals surface area contributed by atoms with E-state index >= 15 is 0 Å². The van der Waals surface area contributed by atoms with E-state index in [0.29, 0.717) is 24.3 Å². The van der Waals surface area contributed by atoms with E-state index in [0.717, 1.165) is 13.1 Å². The first-order valence-electron chi connectivity index (χ1n) is 12.9. The van der Waals surface area contributed by atoms with E-state index in [4.69, 9.17) is 9.47 Å². The molecule has 3 aliphatic heterocycles. The fourth-order valence-corrected chi connectivity index (χ4v) is 5.38. The van der Waals surface area contributed by atoms with Crippen molar-refractivity contribution >= 4 is 23.6 Å². The molecule has 38 heavy (non-hydrogen) atoms. The summed E-state index contributed by atoms with van der Waals surface area (Å²) in [5.74, 6) is -0.691. The van der Waals surface area contributed by atoms with Crippen LogP contribution in [-0.2, 0) is 14.4 Å². The molecule has 208 valence electrons. The Morgan fingerprint density at radius 1 is 1.11 bits per heavy atom. The fraction of sp³-hybridized carbons (Fsp3) is 0.615. The number of amides is 4. The molecule has 2 N–H and O–H groups in total. The Kier molecular flexibility index (Phi) is 8.41. The highest BCUT2D eigenvalue weighted by atomic mass is 16.5. The summed E-state index contributed by atoms with van der Waals surface area (Å²) in [6, 6.07) is 3.22. The first kappa shape index (κ1) is 27.6. The first-order chi connectivity index (χ1) is 18.2. The molecule has 3 unspecified atom stereocenters. The molecule has 12 nitrogen and oxygen atoms in total. The van der Waals surface area contributed by atoms with Gasteiger partial charge < -0.3 is 39.5 Å². The van der Waals surface area contributed by atoms with E-state index in [1.54, 1.807) is 24.0 Å². The van der Waals surface area contributed by atoms with E-state index in [2.05, 4.69) is 10.2 Å². The van der Waals surface area contributed by atoms with Crippen LogP contribution < -0.4 is 14.8 Å². The first-order valence-corrected chi connectivity index (χ1v) is 12.9. The van der Waals surface area contributed by atoms with Crippen LogP contribution in [0.1, 0.15) is 30.1 Å². The second kappa shape index (κ2) is 11.6. The van der Waals surface area contributed by atoms with Crippen LogP contribution in [0.3, 0.4) is 0 Å². The number of nitrogens with one attached hydrogen (secondary N) is 1. The molecule has 3 saturated heterocycles. The van der Waals surface area contributed by atoms with Crippen molar-refractivity contribution in [2.45, 2.75) is 38.0 Å². The number of carbonyl (C=O) groups excluding carboxylic acids is 4. The van der Waals surface area contributed by atoms with Crippen LogP contribution >= 0.6 is 0 Å². The number of hydrogen-bond donors (Lipinski definition) is 2. The predicted molar refractivity (Wildman–Crippen MR) is 136 cm³/mol. The molecule has 1 aromatic carbocycles. The lowest BCUT2D eigenvalue weighted by Gasteiger charge is -2.52. The number of piperazine rings is 1. The molecule has 1 aromatic rings. The number of hydrogen-bond acceptors (Lipinski definition) is 8. The van der Waals surface area contributed by atoms with Crippen LogP contribution in [0.5, 0.6) is 11.5 Å². The molecule has 12 heteroatoms. The molecule has 3 fully saturated rings. The van der Waals surface area contributed by atoms with Gasteiger partial charge in [-0.25, -0.2) is 0 Å². The molecule has 3 atom stereocenters. The van der Waals surface area contributed by atoms with Gasteiger partial charge in [0.15, 0.2) is 11.5 Å². The summed E-state index contributed by atoms with van der Waals surface area (Å²) < 4.78 is 10.5. The zero-order chi connectivity index (χ0) is 27.6. The minimum absolute atomic E-state index is 0.000259. The van der Waals surface area contributed by atoms with Gasteiger partial charge in [-0.15, -0.1) is 0 Å². The standard InChI is InChI=1S/C26H37N5O7/c1-16(15-32)29-13-22-30(25(35)17-7-9-28(2)10-8-17)12-19(26(36)31(22)14-23(29)33)27-24(34)18-5-6-20(37-3)21(11-18)38-4/h5-6,11,16-17,19,22,32H,7-10,12-15H2,1-4H3,(H,27,34). The molecule has 4 amide bonds. The molecule has 0 saturated carbocycles. The SMILES string of the molecule is COc1ccc(C(=O)NC2CN(C(=O)C3CCN(C)CC3)C3CN(C(C)CO)C(=O)CN3C2=O)cc1OC. The summed E-state index contributed by atoms with van der Waals surface area (Å²) in [5, 5.41) is 12.4. The minimum Gasteiger partial charge on any atom is -0.493 e. The van der Waals surface area contributed by atoms with Crippen molar-refractivity contribution in [1.82, 2.24) is 24.9 Å². The van der Waals surface area contributed by atoms with Crippen LogP contribution in [0.2, 0.25) is 0 Å². The number of carbonyl (C=O) groups is 4. The summed E-state index contributed by atoms with van der Waals surface area (Å²) >= 11 is 0. The van der Waals surface area contributed by atoms with Gasteiger partial charge >= 0.3 is 0 Å². The molecular formula is C26H37N5O7. The summed E-state index contributed by atoms with van der Waals surface area (Å²) in [6.45, 7) is 2.98. The van der Waals surface area contributed by atoms with Gasteiger partial charge in [0.1, 0.15) is 18.8 Å². The third-order valence-corrected chi connectivity index (χ3v) is 7.76. The van der Waals surface area contributed by atoms with Gasteiger partial charge in [-0.3, -0.25) is 19.2 Å². The van der Waals surface area contributed by atoms with Gasteiger partial charge in [0, 0.05) is 11.5 Å². The lowest BCUT2D eigenvalue weighted by atomic mass is 9.94. The number of fused-ring (bicyclic) bond motifs is 1. The lowest BCUT2D eigenvalue weighted by molar-refractivity contribution is -0.173. The third-order valence-electron chi connectivity index (χ3n) is 7.76. The Labute approximate surface area is 222 Å². The quantitative estimate of drug-likeness (QED) is 0.475. The van der Waals surface area contributed by atoms with E-state index < -0.39 is 30.1 Å². The molecule has 0 radical (unpaired) electrons. The number of aliphatic hydroxyl groups excluding tert-OH is 1. The van der Waals surface area contributed by atoms with Crippen molar-refractivity contribution in [2.75, 3.05) is 60.6 Å². The van der Waals surface area contributed by atoms with E-state index in [9.17, 15) is 24.3 Å². The lowest BCUT2D eigenvalue weighted by Crippen LogP contribution is -2.74. The van der Waals surface area contributed by atoms with Crippen molar-refractivity contribution < 1.29 is 33.8 Å². The van der Waals surface area contributed by atoms with Gasteiger partial charge in [0.2, 0.25) is 17.7 Å². The van der Waals surface area contributed by atoms with Crippen LogP contribution in [-0.4, -0.2) is 127 Å². The molecule has 3 heterocycles. The zero-order valence-electron chi connectivity index (χ0n) is 22.4. The minimum atomic E-state index is -1.02. The Bertz CT molecular complexity index is 1070. The summed E-state index contributed by atoms with van der Waals surface area (Å²) in [5.41, 5.74) is 0.267. The number of aliphatic hydroxyl groups is 1. The third kappa shape index (κ3) is 5.41. The van der Waals surface area contributed by atoms with E-state index in [1.165, 1.54) is 30.1 Å². The van der Waals surface area contributed by atoms with Gasteiger partial charge in [0.25, 0.3) is 5.91 Å². The average Bonchev–Trinajstić information content (AvgIpc) is 2.93. The Balaban J connectivity index is 1.59.